The third kappa shape index (κ3) is 6.45. The molecular weight excluding hydrogens is 533 g/mol. The molecular formula is C27H25F3N4O4S. The highest BCUT2D eigenvalue weighted by Crippen LogP contribution is 2.38. The molecule has 1 amide bonds. The Morgan fingerprint density at radius 1 is 0.923 bits per heavy atom. The highest BCUT2D eigenvalue weighted by atomic mass is 32.2. The maximum Gasteiger partial charge on any atom is 0.416 e. The zero-order valence-corrected chi connectivity index (χ0v) is 22.1. The number of ether oxygens (including phenoxy) is 3. The van der Waals surface area contributed by atoms with Crippen molar-refractivity contribution in [3.8, 4) is 22.9 Å². The molecule has 0 bridgehead atoms. The van der Waals surface area contributed by atoms with Crippen LogP contribution in [0.2, 0.25) is 0 Å². The number of nitrogens with zero attached hydrogens (tertiary/aromatic N) is 3. The van der Waals surface area contributed by atoms with E-state index >= 15 is 0 Å². The smallest absolute Gasteiger partial charge is 0.416 e. The fourth-order valence-corrected chi connectivity index (χ4v) is 4.72. The Morgan fingerprint density at radius 3 is 2.23 bits per heavy atom. The van der Waals surface area contributed by atoms with E-state index in [0.29, 0.717) is 33.8 Å². The highest BCUT2D eigenvalue weighted by molar-refractivity contribution is 7.98. The van der Waals surface area contributed by atoms with E-state index in [0.717, 1.165) is 17.8 Å². The van der Waals surface area contributed by atoms with Crippen LogP contribution in [0.4, 0.5) is 13.2 Å². The Kier molecular flexibility index (Phi) is 8.65. The summed E-state index contributed by atoms with van der Waals surface area (Å²) >= 11 is 1.24. The van der Waals surface area contributed by atoms with Crippen LogP contribution in [0, 0.1) is 0 Å². The maximum atomic E-state index is 13.1. The molecule has 0 unspecified atom stereocenters. The van der Waals surface area contributed by atoms with Crippen LogP contribution in [0.1, 0.15) is 27.3 Å². The SMILES string of the molecule is COc1cc(C(=O)NCc2nnc(SCc3cccc(C(F)(F)F)c3)n2-c2ccccc2)cc(OC)c1OC. The van der Waals surface area contributed by atoms with Crippen LogP contribution in [-0.2, 0) is 18.5 Å². The Balaban J connectivity index is 1.56. The number of thioether (sulfide) groups is 1. The van der Waals surface area contributed by atoms with Crippen molar-refractivity contribution < 1.29 is 32.2 Å². The van der Waals surface area contributed by atoms with Crippen molar-refractivity contribution >= 4 is 17.7 Å². The van der Waals surface area contributed by atoms with Crippen LogP contribution in [0.25, 0.3) is 5.69 Å². The predicted octanol–water partition coefficient (Wildman–Crippen LogP) is 5.53. The van der Waals surface area contributed by atoms with E-state index in [9.17, 15) is 18.0 Å². The van der Waals surface area contributed by atoms with Gasteiger partial charge in [0.05, 0.1) is 33.4 Å². The van der Waals surface area contributed by atoms with Crippen molar-refractivity contribution in [2.75, 3.05) is 21.3 Å². The first-order valence-electron chi connectivity index (χ1n) is 11.6. The first-order valence-corrected chi connectivity index (χ1v) is 12.6. The fourth-order valence-electron chi connectivity index (χ4n) is 3.80. The van der Waals surface area contributed by atoms with Gasteiger partial charge in [-0.2, -0.15) is 13.2 Å². The maximum absolute atomic E-state index is 13.1. The summed E-state index contributed by atoms with van der Waals surface area (Å²) in [6.45, 7) is 0.0293. The normalized spacial score (nSPS) is 11.2. The number of nitrogens with one attached hydrogen (secondary N) is 1. The molecule has 0 spiro atoms. The zero-order chi connectivity index (χ0) is 28.0. The van der Waals surface area contributed by atoms with Gasteiger partial charge in [-0.3, -0.25) is 9.36 Å². The summed E-state index contributed by atoms with van der Waals surface area (Å²) in [6.07, 6.45) is -4.42. The predicted molar refractivity (Wildman–Crippen MR) is 140 cm³/mol. The average molecular weight is 559 g/mol. The van der Waals surface area contributed by atoms with Crippen molar-refractivity contribution in [2.45, 2.75) is 23.6 Å². The molecule has 0 radical (unpaired) electrons. The number of carbonyl (C=O) groups excluding carboxylic acids is 1. The Hall–Kier alpha value is -4.19. The summed E-state index contributed by atoms with van der Waals surface area (Å²) < 4.78 is 57.1. The van der Waals surface area contributed by atoms with E-state index < -0.39 is 17.6 Å². The molecule has 4 rings (SSSR count). The first-order chi connectivity index (χ1) is 18.7. The number of hydrogen-bond donors (Lipinski definition) is 1. The number of halogens is 3. The molecule has 12 heteroatoms. The third-order valence-corrected chi connectivity index (χ3v) is 6.67. The Labute approximate surface area is 227 Å². The topological polar surface area (TPSA) is 87.5 Å². The van der Waals surface area contributed by atoms with E-state index in [2.05, 4.69) is 15.5 Å². The van der Waals surface area contributed by atoms with E-state index in [1.165, 1.54) is 51.3 Å². The number of alkyl halides is 3. The van der Waals surface area contributed by atoms with Crippen LogP contribution in [0.3, 0.4) is 0 Å². The molecule has 0 aliphatic rings. The van der Waals surface area contributed by atoms with Crippen LogP contribution in [-0.4, -0.2) is 42.0 Å². The van der Waals surface area contributed by atoms with Gasteiger partial charge in [0.25, 0.3) is 5.91 Å². The van der Waals surface area contributed by atoms with Crippen molar-refractivity contribution in [3.63, 3.8) is 0 Å². The van der Waals surface area contributed by atoms with E-state index in [-0.39, 0.29) is 17.9 Å². The van der Waals surface area contributed by atoms with Crippen molar-refractivity contribution in [2.24, 2.45) is 0 Å². The summed E-state index contributed by atoms with van der Waals surface area (Å²) in [5, 5.41) is 11.8. The number of carbonyl (C=O) groups is 1. The zero-order valence-electron chi connectivity index (χ0n) is 21.3. The summed E-state index contributed by atoms with van der Waals surface area (Å²) in [4.78, 5) is 13.0. The van der Waals surface area contributed by atoms with Crippen molar-refractivity contribution in [3.05, 3.63) is 89.2 Å². The molecule has 1 heterocycles. The number of methoxy groups -OCH3 is 3. The van der Waals surface area contributed by atoms with E-state index in [1.807, 2.05) is 30.3 Å². The molecule has 0 fully saturated rings. The number of amides is 1. The minimum absolute atomic E-state index is 0.0293. The molecule has 204 valence electrons. The molecule has 0 aliphatic heterocycles. The third-order valence-electron chi connectivity index (χ3n) is 5.67. The number of aromatic nitrogens is 3. The van der Waals surface area contributed by atoms with E-state index in [1.54, 1.807) is 10.6 Å². The van der Waals surface area contributed by atoms with Crippen LogP contribution in [0.5, 0.6) is 17.2 Å². The second-order valence-electron chi connectivity index (χ2n) is 8.15. The summed E-state index contributed by atoms with van der Waals surface area (Å²) in [5.74, 6) is 1.31. The number of benzene rings is 3. The summed E-state index contributed by atoms with van der Waals surface area (Å²) in [6, 6.07) is 17.5. The fraction of sp³-hybridized carbons (Fsp3) is 0.222. The molecule has 1 N–H and O–H groups in total. The quantitative estimate of drug-likeness (QED) is 0.256. The van der Waals surface area contributed by atoms with Gasteiger partial charge in [0.15, 0.2) is 22.5 Å². The van der Waals surface area contributed by atoms with Gasteiger partial charge >= 0.3 is 6.18 Å². The summed E-state index contributed by atoms with van der Waals surface area (Å²) in [7, 11) is 4.39. The van der Waals surface area contributed by atoms with Gasteiger partial charge < -0.3 is 19.5 Å². The van der Waals surface area contributed by atoms with E-state index in [4.69, 9.17) is 14.2 Å². The molecule has 39 heavy (non-hydrogen) atoms. The molecule has 0 atom stereocenters. The Morgan fingerprint density at radius 2 is 1.62 bits per heavy atom. The second kappa shape index (κ2) is 12.1. The van der Waals surface area contributed by atoms with Gasteiger partial charge in [-0.05, 0) is 35.9 Å². The number of hydrogen-bond acceptors (Lipinski definition) is 7. The monoisotopic (exact) mass is 558 g/mol. The molecule has 0 saturated heterocycles. The Bertz CT molecular complexity index is 1420. The van der Waals surface area contributed by atoms with Gasteiger partial charge in [-0.15, -0.1) is 10.2 Å². The van der Waals surface area contributed by atoms with Gasteiger partial charge in [-0.25, -0.2) is 0 Å². The highest BCUT2D eigenvalue weighted by Gasteiger charge is 2.30. The molecule has 0 aliphatic carbocycles. The van der Waals surface area contributed by atoms with Crippen LogP contribution < -0.4 is 19.5 Å². The lowest BCUT2D eigenvalue weighted by atomic mass is 10.1. The van der Waals surface area contributed by atoms with Gasteiger partial charge in [0.1, 0.15) is 0 Å². The molecule has 1 aromatic heterocycles. The minimum atomic E-state index is -4.42. The van der Waals surface area contributed by atoms with Gasteiger partial charge in [-0.1, -0.05) is 48.2 Å². The lowest BCUT2D eigenvalue weighted by Gasteiger charge is -2.14. The molecule has 8 nitrogen and oxygen atoms in total. The number of rotatable bonds is 10. The van der Waals surface area contributed by atoms with Gasteiger partial charge in [0, 0.05) is 17.0 Å². The average Bonchev–Trinajstić information content (AvgIpc) is 3.36. The largest absolute Gasteiger partial charge is 0.493 e. The van der Waals surface area contributed by atoms with Gasteiger partial charge in [0.2, 0.25) is 5.75 Å². The van der Waals surface area contributed by atoms with Crippen LogP contribution in [0.15, 0.2) is 71.9 Å². The molecule has 4 aromatic rings. The standard InChI is InChI=1S/C27H25F3N4O4S/c1-36-21-13-18(14-22(37-2)24(21)38-3)25(35)31-15-23-32-33-26(34(23)20-10-5-4-6-11-20)39-16-17-8-7-9-19(12-17)27(28,29)30/h4-14H,15-16H2,1-3H3,(H,31,35). The molecule has 0 saturated carbocycles. The number of para-hydroxylation sites is 1. The minimum Gasteiger partial charge on any atom is -0.493 e. The van der Waals surface area contributed by atoms with Crippen molar-refractivity contribution in [1.82, 2.24) is 20.1 Å². The second-order valence-corrected chi connectivity index (χ2v) is 9.10. The van der Waals surface area contributed by atoms with Crippen LogP contribution >= 0.6 is 11.8 Å². The van der Waals surface area contributed by atoms with Crippen molar-refractivity contribution in [1.29, 1.82) is 0 Å². The lowest BCUT2D eigenvalue weighted by molar-refractivity contribution is -0.137. The molecule has 3 aromatic carbocycles. The first kappa shape index (κ1) is 27.8. The lowest BCUT2D eigenvalue weighted by Crippen LogP contribution is -2.24. The summed E-state index contributed by atoms with van der Waals surface area (Å²) in [5.41, 5.74) is 0.815.